The summed E-state index contributed by atoms with van der Waals surface area (Å²) in [4.78, 5) is 2.74. The molecule has 0 aliphatic heterocycles. The van der Waals surface area contributed by atoms with E-state index in [2.05, 4.69) is 53.2 Å². The summed E-state index contributed by atoms with van der Waals surface area (Å²) in [6.07, 6.45) is 2.98. The van der Waals surface area contributed by atoms with Gasteiger partial charge in [-0.2, -0.15) is 5.10 Å². The van der Waals surface area contributed by atoms with Crippen LogP contribution in [-0.4, -0.2) is 16.3 Å². The van der Waals surface area contributed by atoms with E-state index in [0.717, 1.165) is 17.4 Å². The number of halogens is 1. The number of nitrogens with zero attached hydrogens (tertiary/aromatic N) is 2. The van der Waals surface area contributed by atoms with Gasteiger partial charge in [0.05, 0.1) is 22.4 Å². The second-order valence-electron chi connectivity index (χ2n) is 4.78. The van der Waals surface area contributed by atoms with Crippen molar-refractivity contribution in [1.82, 2.24) is 15.1 Å². The maximum atomic E-state index is 4.33. The summed E-state index contributed by atoms with van der Waals surface area (Å²) >= 11 is 5.48. The van der Waals surface area contributed by atoms with Crippen LogP contribution in [0.3, 0.4) is 0 Å². The molecule has 2 heterocycles. The normalized spacial score (nSPS) is 12.9. The largest absolute Gasteiger partial charge is 0.304 e. The molecule has 2 rings (SSSR count). The lowest BCUT2D eigenvalue weighted by Gasteiger charge is -2.18. The van der Waals surface area contributed by atoms with Crippen LogP contribution >= 0.6 is 27.3 Å². The highest BCUT2D eigenvalue weighted by atomic mass is 79.9. The van der Waals surface area contributed by atoms with Crippen molar-refractivity contribution in [3.63, 3.8) is 0 Å². The number of hydrogen-bond donors (Lipinski definition) is 1. The molecule has 1 N–H and O–H groups in total. The van der Waals surface area contributed by atoms with Gasteiger partial charge in [-0.25, -0.2) is 0 Å². The molecule has 5 heteroatoms. The average molecular weight is 342 g/mol. The van der Waals surface area contributed by atoms with E-state index in [1.54, 1.807) is 0 Å². The van der Waals surface area contributed by atoms with Crippen molar-refractivity contribution in [2.75, 3.05) is 6.54 Å². The predicted octanol–water partition coefficient (Wildman–Crippen LogP) is 3.95. The average Bonchev–Trinajstić information content (AvgIpc) is 2.86. The van der Waals surface area contributed by atoms with Crippen LogP contribution in [-0.2, 0) is 7.05 Å². The van der Waals surface area contributed by atoms with E-state index in [-0.39, 0.29) is 6.04 Å². The molecular weight excluding hydrogens is 322 g/mol. The van der Waals surface area contributed by atoms with Gasteiger partial charge in [0.25, 0.3) is 0 Å². The van der Waals surface area contributed by atoms with Gasteiger partial charge in [0, 0.05) is 16.8 Å². The van der Waals surface area contributed by atoms with Gasteiger partial charge in [0.2, 0.25) is 0 Å². The molecule has 0 bridgehead atoms. The van der Waals surface area contributed by atoms with Crippen molar-refractivity contribution in [2.45, 2.75) is 33.2 Å². The maximum Gasteiger partial charge on any atom is 0.0853 e. The predicted molar refractivity (Wildman–Crippen MR) is 84.8 cm³/mol. The zero-order chi connectivity index (χ0) is 14.0. The summed E-state index contributed by atoms with van der Waals surface area (Å²) < 4.78 is 3.01. The molecule has 0 aromatic carbocycles. The third-order valence-corrected chi connectivity index (χ3v) is 5.11. The maximum absolute atomic E-state index is 4.33. The van der Waals surface area contributed by atoms with Gasteiger partial charge in [0.15, 0.2) is 0 Å². The first-order valence-corrected chi connectivity index (χ1v) is 8.13. The van der Waals surface area contributed by atoms with E-state index in [1.165, 1.54) is 21.0 Å². The molecule has 0 amide bonds. The quantitative estimate of drug-likeness (QED) is 0.892. The number of nitrogens with one attached hydrogen (secondary N) is 1. The lowest BCUT2D eigenvalue weighted by molar-refractivity contribution is 0.558. The van der Waals surface area contributed by atoms with E-state index in [0.29, 0.717) is 0 Å². The van der Waals surface area contributed by atoms with Gasteiger partial charge in [-0.3, -0.25) is 4.68 Å². The summed E-state index contributed by atoms with van der Waals surface area (Å²) in [6.45, 7) is 7.54. The van der Waals surface area contributed by atoms with Gasteiger partial charge >= 0.3 is 0 Å². The fraction of sp³-hybridized carbons (Fsp3) is 0.500. The Morgan fingerprint density at radius 2 is 2.21 bits per heavy atom. The third kappa shape index (κ3) is 3.09. The highest BCUT2D eigenvalue weighted by molar-refractivity contribution is 9.10. The molecule has 104 valence electrons. The van der Waals surface area contributed by atoms with E-state index < -0.39 is 0 Å². The second kappa shape index (κ2) is 6.20. The van der Waals surface area contributed by atoms with Crippen LogP contribution in [0, 0.1) is 13.8 Å². The van der Waals surface area contributed by atoms with Crippen molar-refractivity contribution in [3.05, 3.63) is 37.7 Å². The first-order chi connectivity index (χ1) is 9.04. The highest BCUT2D eigenvalue weighted by Gasteiger charge is 2.22. The Morgan fingerprint density at radius 1 is 1.47 bits per heavy atom. The summed E-state index contributed by atoms with van der Waals surface area (Å²) in [5, 5.41) is 7.96. The minimum absolute atomic E-state index is 0.208. The Morgan fingerprint density at radius 3 is 2.68 bits per heavy atom. The molecule has 0 fully saturated rings. The molecule has 2 aromatic heterocycles. The van der Waals surface area contributed by atoms with Crippen LogP contribution in [0.5, 0.6) is 0 Å². The van der Waals surface area contributed by atoms with E-state index >= 15 is 0 Å². The zero-order valence-corrected chi connectivity index (χ0v) is 14.2. The number of aryl methyl sites for hydroxylation is 3. The first kappa shape index (κ1) is 14.8. The molecule has 19 heavy (non-hydrogen) atoms. The molecule has 0 saturated carbocycles. The number of thiophene rings is 1. The van der Waals surface area contributed by atoms with Crippen LogP contribution in [0.2, 0.25) is 0 Å². The second-order valence-corrected chi connectivity index (χ2v) is 6.92. The van der Waals surface area contributed by atoms with Crippen molar-refractivity contribution >= 4 is 27.3 Å². The third-order valence-electron chi connectivity index (χ3n) is 3.28. The lowest BCUT2D eigenvalue weighted by Crippen LogP contribution is -2.24. The smallest absolute Gasteiger partial charge is 0.0853 e. The van der Waals surface area contributed by atoms with Crippen LogP contribution in [0.1, 0.15) is 40.4 Å². The van der Waals surface area contributed by atoms with Crippen LogP contribution in [0.4, 0.5) is 0 Å². The summed E-state index contributed by atoms with van der Waals surface area (Å²) in [5.41, 5.74) is 2.55. The number of hydrogen-bond acceptors (Lipinski definition) is 3. The molecule has 0 aliphatic rings. The SMILES string of the molecule is CCCNC(c1cc(C)c(C)s1)c1c(Br)cnn1C. The van der Waals surface area contributed by atoms with Gasteiger partial charge in [-0.1, -0.05) is 6.92 Å². The Bertz CT molecular complexity index is 520. The summed E-state index contributed by atoms with van der Waals surface area (Å²) in [6, 6.07) is 2.49. The van der Waals surface area contributed by atoms with Gasteiger partial charge in [-0.15, -0.1) is 11.3 Å². The van der Waals surface area contributed by atoms with Crippen LogP contribution < -0.4 is 5.32 Å². The highest BCUT2D eigenvalue weighted by Crippen LogP contribution is 2.33. The lowest BCUT2D eigenvalue weighted by atomic mass is 10.1. The van der Waals surface area contributed by atoms with Gasteiger partial charge < -0.3 is 5.32 Å². The van der Waals surface area contributed by atoms with Gasteiger partial charge in [-0.05, 0) is 54.4 Å². The van der Waals surface area contributed by atoms with E-state index in [9.17, 15) is 0 Å². The Kier molecular flexibility index (Phi) is 4.81. The summed E-state index contributed by atoms with van der Waals surface area (Å²) in [7, 11) is 1.99. The standard InChI is InChI=1S/C14H20BrN3S/c1-5-6-16-13(12-7-9(2)10(3)19-12)14-11(15)8-17-18(14)4/h7-8,13,16H,5-6H2,1-4H3. The molecule has 3 nitrogen and oxygen atoms in total. The van der Waals surface area contributed by atoms with Crippen molar-refractivity contribution in [2.24, 2.45) is 7.05 Å². The Balaban J connectivity index is 2.41. The molecule has 0 radical (unpaired) electrons. The molecule has 0 saturated heterocycles. The fourth-order valence-corrected chi connectivity index (χ4v) is 3.81. The molecule has 1 unspecified atom stereocenters. The minimum Gasteiger partial charge on any atom is -0.304 e. The van der Waals surface area contributed by atoms with E-state index in [4.69, 9.17) is 0 Å². The van der Waals surface area contributed by atoms with Crippen LogP contribution in [0.15, 0.2) is 16.7 Å². The van der Waals surface area contributed by atoms with E-state index in [1.807, 2.05) is 29.3 Å². The zero-order valence-electron chi connectivity index (χ0n) is 11.8. The first-order valence-electron chi connectivity index (χ1n) is 6.52. The monoisotopic (exact) mass is 341 g/mol. The molecule has 0 spiro atoms. The number of rotatable bonds is 5. The Labute approximate surface area is 127 Å². The topological polar surface area (TPSA) is 29.9 Å². The molecule has 0 aliphatic carbocycles. The van der Waals surface area contributed by atoms with Crippen LogP contribution in [0.25, 0.3) is 0 Å². The fourth-order valence-electron chi connectivity index (χ4n) is 2.11. The minimum atomic E-state index is 0.208. The van der Waals surface area contributed by atoms with Crippen molar-refractivity contribution in [1.29, 1.82) is 0 Å². The molecule has 2 aromatic rings. The Hall–Kier alpha value is -0.650. The van der Waals surface area contributed by atoms with Crippen molar-refractivity contribution < 1.29 is 0 Å². The molecular formula is C14H20BrN3S. The van der Waals surface area contributed by atoms with Gasteiger partial charge in [0.1, 0.15) is 0 Å². The molecule has 1 atom stereocenters. The summed E-state index contributed by atoms with van der Waals surface area (Å²) in [5.74, 6) is 0. The number of aromatic nitrogens is 2. The van der Waals surface area contributed by atoms with Crippen molar-refractivity contribution in [3.8, 4) is 0 Å².